The molecule has 146 valence electrons. The summed E-state index contributed by atoms with van der Waals surface area (Å²) in [6.45, 7) is 4.58. The Morgan fingerprint density at radius 1 is 1.14 bits per heavy atom. The molecule has 0 bridgehead atoms. The molecule has 28 heavy (non-hydrogen) atoms. The molecule has 2 aromatic carbocycles. The quantitative estimate of drug-likeness (QED) is 0.453. The van der Waals surface area contributed by atoms with Gasteiger partial charge in [0.2, 0.25) is 5.91 Å². The molecule has 1 fully saturated rings. The van der Waals surface area contributed by atoms with E-state index in [1.165, 1.54) is 23.8 Å². The van der Waals surface area contributed by atoms with Gasteiger partial charge in [-0.2, -0.15) is 0 Å². The highest BCUT2D eigenvalue weighted by molar-refractivity contribution is 5.91. The fourth-order valence-electron chi connectivity index (χ4n) is 3.04. The number of non-ortho nitro benzene ring substituents is 1. The lowest BCUT2D eigenvalue weighted by Crippen LogP contribution is -2.36. The smallest absolute Gasteiger partial charge is 0.270 e. The van der Waals surface area contributed by atoms with E-state index in [9.17, 15) is 14.9 Å². The van der Waals surface area contributed by atoms with E-state index in [0.717, 1.165) is 38.4 Å². The minimum absolute atomic E-state index is 0.000372. The first-order valence-electron chi connectivity index (χ1n) is 9.19. The molecule has 2 aromatic rings. The number of carbonyl (C=O) groups is 1. The van der Waals surface area contributed by atoms with E-state index >= 15 is 0 Å². The molecule has 7 nitrogen and oxygen atoms in total. The molecule has 0 spiro atoms. The summed E-state index contributed by atoms with van der Waals surface area (Å²) < 4.78 is 5.39. The van der Waals surface area contributed by atoms with Gasteiger partial charge in [0.15, 0.2) is 0 Å². The van der Waals surface area contributed by atoms with Gasteiger partial charge >= 0.3 is 0 Å². The minimum Gasteiger partial charge on any atom is -0.379 e. The highest BCUT2D eigenvalue weighted by Crippen LogP contribution is 2.15. The maximum absolute atomic E-state index is 12.2. The number of amides is 1. The summed E-state index contributed by atoms with van der Waals surface area (Å²) in [6, 6.07) is 14.2. The lowest BCUT2D eigenvalue weighted by molar-refractivity contribution is -0.384. The second-order valence-electron chi connectivity index (χ2n) is 6.56. The standard InChI is InChI=1S/C21H23N3O4/c25-21(9-8-17-4-3-7-20(14-17)24(26)27)22-15-18-5-1-2-6-19(18)16-23-10-12-28-13-11-23/h1-9,14H,10-13,15-16H2,(H,22,25)/b9-8+. The van der Waals surface area contributed by atoms with Crippen molar-refractivity contribution in [2.75, 3.05) is 26.3 Å². The number of nitro benzene ring substituents is 1. The van der Waals surface area contributed by atoms with Crippen LogP contribution in [0.5, 0.6) is 0 Å². The van der Waals surface area contributed by atoms with E-state index in [0.29, 0.717) is 12.1 Å². The van der Waals surface area contributed by atoms with Crippen LogP contribution in [0.2, 0.25) is 0 Å². The molecule has 0 aliphatic carbocycles. The van der Waals surface area contributed by atoms with Crippen LogP contribution in [0.3, 0.4) is 0 Å². The van der Waals surface area contributed by atoms with Crippen LogP contribution in [-0.4, -0.2) is 42.0 Å². The first kappa shape index (κ1) is 19.7. The van der Waals surface area contributed by atoms with Crippen molar-refractivity contribution in [3.63, 3.8) is 0 Å². The molecule has 0 radical (unpaired) electrons. The average Bonchev–Trinajstić information content (AvgIpc) is 2.72. The van der Waals surface area contributed by atoms with Crippen molar-refractivity contribution in [2.45, 2.75) is 13.1 Å². The van der Waals surface area contributed by atoms with Crippen LogP contribution in [0, 0.1) is 10.1 Å². The van der Waals surface area contributed by atoms with Gasteiger partial charge in [-0.1, -0.05) is 36.4 Å². The summed E-state index contributed by atoms with van der Waals surface area (Å²) in [5.74, 6) is -0.243. The normalized spacial score (nSPS) is 14.9. The third-order valence-corrected chi connectivity index (χ3v) is 4.58. The lowest BCUT2D eigenvalue weighted by Gasteiger charge is -2.27. The van der Waals surface area contributed by atoms with Gasteiger partial charge in [-0.3, -0.25) is 19.8 Å². The zero-order chi connectivity index (χ0) is 19.8. The van der Waals surface area contributed by atoms with Crippen LogP contribution in [0.25, 0.3) is 6.08 Å². The van der Waals surface area contributed by atoms with E-state index in [2.05, 4.69) is 16.3 Å². The molecule has 1 heterocycles. The van der Waals surface area contributed by atoms with Gasteiger partial charge in [-0.15, -0.1) is 0 Å². The second-order valence-corrected chi connectivity index (χ2v) is 6.56. The van der Waals surface area contributed by atoms with Crippen molar-refractivity contribution >= 4 is 17.7 Å². The molecule has 0 aromatic heterocycles. The highest BCUT2D eigenvalue weighted by atomic mass is 16.6. The first-order chi connectivity index (χ1) is 13.6. The Hall–Kier alpha value is -3.03. The topological polar surface area (TPSA) is 84.7 Å². The second kappa shape index (κ2) is 9.77. The third-order valence-electron chi connectivity index (χ3n) is 4.58. The van der Waals surface area contributed by atoms with E-state index in [-0.39, 0.29) is 11.6 Å². The molecule has 0 atom stereocenters. The Bertz CT molecular complexity index is 860. The highest BCUT2D eigenvalue weighted by Gasteiger charge is 2.12. The van der Waals surface area contributed by atoms with Crippen LogP contribution in [-0.2, 0) is 22.6 Å². The predicted molar refractivity (Wildman–Crippen MR) is 107 cm³/mol. The summed E-state index contributed by atoms with van der Waals surface area (Å²) >= 11 is 0. The number of carbonyl (C=O) groups excluding carboxylic acids is 1. The molecule has 0 unspecified atom stereocenters. The molecule has 1 aliphatic heterocycles. The van der Waals surface area contributed by atoms with Crippen LogP contribution in [0.4, 0.5) is 5.69 Å². The van der Waals surface area contributed by atoms with E-state index in [4.69, 9.17) is 4.74 Å². The number of nitro groups is 1. The Labute approximate surface area is 163 Å². The Balaban J connectivity index is 1.57. The lowest BCUT2D eigenvalue weighted by atomic mass is 10.1. The van der Waals surface area contributed by atoms with Crippen LogP contribution >= 0.6 is 0 Å². The number of morpholine rings is 1. The van der Waals surface area contributed by atoms with E-state index in [1.54, 1.807) is 18.2 Å². The molecule has 1 saturated heterocycles. The number of benzene rings is 2. The SMILES string of the molecule is O=C(/C=C/c1cccc([N+](=O)[O-])c1)NCc1ccccc1CN1CCOCC1. The van der Waals surface area contributed by atoms with Crippen molar-refractivity contribution in [3.8, 4) is 0 Å². The maximum Gasteiger partial charge on any atom is 0.270 e. The van der Waals surface area contributed by atoms with Gasteiger partial charge in [0.1, 0.15) is 0 Å². The summed E-state index contributed by atoms with van der Waals surface area (Å²) in [5.41, 5.74) is 2.87. The number of rotatable bonds is 7. The maximum atomic E-state index is 12.2. The van der Waals surface area contributed by atoms with Gasteiger partial charge < -0.3 is 10.1 Å². The molecular weight excluding hydrogens is 358 g/mol. The number of hydrogen-bond acceptors (Lipinski definition) is 5. The zero-order valence-electron chi connectivity index (χ0n) is 15.5. The van der Waals surface area contributed by atoms with Crippen molar-refractivity contribution in [1.29, 1.82) is 0 Å². The molecule has 1 N–H and O–H groups in total. The van der Waals surface area contributed by atoms with Crippen LogP contribution in [0.15, 0.2) is 54.6 Å². The molecule has 1 amide bonds. The largest absolute Gasteiger partial charge is 0.379 e. The summed E-state index contributed by atoms with van der Waals surface area (Å²) in [4.78, 5) is 24.9. The van der Waals surface area contributed by atoms with Crippen molar-refractivity contribution < 1.29 is 14.5 Å². The Kier molecular flexibility index (Phi) is 6.89. The summed E-state index contributed by atoms with van der Waals surface area (Å²) in [5, 5.41) is 13.7. The van der Waals surface area contributed by atoms with E-state index in [1.807, 2.05) is 18.2 Å². The molecule has 0 saturated carbocycles. The zero-order valence-corrected chi connectivity index (χ0v) is 15.5. The van der Waals surface area contributed by atoms with Gasteiger partial charge in [-0.25, -0.2) is 0 Å². The summed E-state index contributed by atoms with van der Waals surface area (Å²) in [6.07, 6.45) is 2.96. The molecule has 1 aliphatic rings. The number of nitrogens with zero attached hydrogens (tertiary/aromatic N) is 2. The van der Waals surface area contributed by atoms with Crippen molar-refractivity contribution in [2.24, 2.45) is 0 Å². The molecule has 7 heteroatoms. The summed E-state index contributed by atoms with van der Waals surface area (Å²) in [7, 11) is 0. The van der Waals surface area contributed by atoms with Crippen LogP contribution in [0.1, 0.15) is 16.7 Å². The minimum atomic E-state index is -0.456. The molecule has 3 rings (SSSR count). The fraction of sp³-hybridized carbons (Fsp3) is 0.286. The Morgan fingerprint density at radius 3 is 2.64 bits per heavy atom. The predicted octanol–water partition coefficient (Wildman–Crippen LogP) is 2.76. The monoisotopic (exact) mass is 381 g/mol. The average molecular weight is 381 g/mol. The van der Waals surface area contributed by atoms with E-state index < -0.39 is 4.92 Å². The number of ether oxygens (including phenoxy) is 1. The molecular formula is C21H23N3O4. The van der Waals surface area contributed by atoms with Gasteiger partial charge in [0.25, 0.3) is 5.69 Å². The fourth-order valence-corrected chi connectivity index (χ4v) is 3.04. The number of hydrogen-bond donors (Lipinski definition) is 1. The number of nitrogens with one attached hydrogen (secondary N) is 1. The third kappa shape index (κ3) is 5.73. The Morgan fingerprint density at radius 2 is 1.89 bits per heavy atom. The van der Waals surface area contributed by atoms with Crippen LogP contribution < -0.4 is 5.32 Å². The first-order valence-corrected chi connectivity index (χ1v) is 9.19. The van der Waals surface area contributed by atoms with Gasteiger partial charge in [-0.05, 0) is 22.8 Å². The van der Waals surface area contributed by atoms with Crippen molar-refractivity contribution in [1.82, 2.24) is 10.2 Å². The van der Waals surface area contributed by atoms with Crippen molar-refractivity contribution in [3.05, 3.63) is 81.4 Å². The van der Waals surface area contributed by atoms with Gasteiger partial charge in [0, 0.05) is 44.4 Å². The van der Waals surface area contributed by atoms with Gasteiger partial charge in [0.05, 0.1) is 18.1 Å².